The lowest BCUT2D eigenvalue weighted by Gasteiger charge is -2.18. The number of nitrogens with two attached hydrogens (primary N) is 1. The summed E-state index contributed by atoms with van der Waals surface area (Å²) in [5, 5.41) is -0.00685. The van der Waals surface area contributed by atoms with Gasteiger partial charge in [-0.2, -0.15) is 0 Å². The van der Waals surface area contributed by atoms with Crippen molar-refractivity contribution >= 4 is 23.2 Å². The van der Waals surface area contributed by atoms with Gasteiger partial charge in [-0.1, -0.05) is 0 Å². The third kappa shape index (κ3) is 2.54. The van der Waals surface area contributed by atoms with Crippen LogP contribution in [0.3, 0.4) is 0 Å². The highest BCUT2D eigenvalue weighted by Gasteiger charge is 2.20. The van der Waals surface area contributed by atoms with Gasteiger partial charge >= 0.3 is 0 Å². The Kier molecular flexibility index (Phi) is 3.24. The number of carbonyl (C=O) groups is 1. The van der Waals surface area contributed by atoms with E-state index in [1.807, 2.05) is 0 Å². The highest BCUT2D eigenvalue weighted by Crippen LogP contribution is 2.11. The van der Waals surface area contributed by atoms with E-state index in [9.17, 15) is 4.79 Å². The molecule has 0 aliphatic carbocycles. The SMILES string of the molecule is NC(=S)N(Cc1ccco1)C(=O)c1ccoc1. The van der Waals surface area contributed by atoms with Crippen molar-refractivity contribution in [1.82, 2.24) is 4.90 Å². The largest absolute Gasteiger partial charge is 0.472 e. The second kappa shape index (κ2) is 4.84. The van der Waals surface area contributed by atoms with Crippen molar-refractivity contribution < 1.29 is 13.6 Å². The van der Waals surface area contributed by atoms with Crippen LogP contribution in [0.25, 0.3) is 0 Å². The molecule has 5 nitrogen and oxygen atoms in total. The van der Waals surface area contributed by atoms with E-state index in [-0.39, 0.29) is 17.6 Å². The van der Waals surface area contributed by atoms with Crippen LogP contribution in [0.15, 0.2) is 45.8 Å². The van der Waals surface area contributed by atoms with Crippen molar-refractivity contribution in [1.29, 1.82) is 0 Å². The Morgan fingerprint density at radius 1 is 1.41 bits per heavy atom. The molecule has 1 amide bonds. The molecule has 0 saturated carbocycles. The minimum absolute atomic E-state index is 0.00685. The minimum atomic E-state index is -0.317. The second-order valence-electron chi connectivity index (χ2n) is 3.32. The first-order valence-corrected chi connectivity index (χ1v) is 5.25. The van der Waals surface area contributed by atoms with Crippen LogP contribution in [-0.4, -0.2) is 15.9 Å². The lowest BCUT2D eigenvalue weighted by Crippen LogP contribution is -2.39. The lowest BCUT2D eigenvalue weighted by atomic mass is 10.3. The van der Waals surface area contributed by atoms with E-state index in [0.717, 1.165) is 0 Å². The summed E-state index contributed by atoms with van der Waals surface area (Å²) < 4.78 is 9.99. The van der Waals surface area contributed by atoms with Gasteiger partial charge in [-0.3, -0.25) is 9.69 Å². The van der Waals surface area contributed by atoms with Crippen molar-refractivity contribution in [3.63, 3.8) is 0 Å². The van der Waals surface area contributed by atoms with Crippen LogP contribution in [0.5, 0.6) is 0 Å². The van der Waals surface area contributed by atoms with Crippen LogP contribution in [-0.2, 0) is 6.54 Å². The van der Waals surface area contributed by atoms with Crippen LogP contribution < -0.4 is 5.73 Å². The van der Waals surface area contributed by atoms with Gasteiger partial charge in [0, 0.05) is 0 Å². The van der Waals surface area contributed by atoms with Crippen molar-refractivity contribution in [2.75, 3.05) is 0 Å². The van der Waals surface area contributed by atoms with Gasteiger partial charge in [-0.05, 0) is 30.4 Å². The maximum Gasteiger partial charge on any atom is 0.263 e. The fourth-order valence-corrected chi connectivity index (χ4v) is 1.50. The van der Waals surface area contributed by atoms with Crippen LogP contribution >= 0.6 is 12.2 Å². The molecule has 0 aliphatic heterocycles. The van der Waals surface area contributed by atoms with Crippen LogP contribution in [0.1, 0.15) is 16.1 Å². The Hall–Kier alpha value is -2.08. The zero-order valence-electron chi connectivity index (χ0n) is 8.83. The summed E-state index contributed by atoms with van der Waals surface area (Å²) >= 11 is 4.85. The third-order valence-corrected chi connectivity index (χ3v) is 2.39. The standard InChI is InChI=1S/C11H10N2O3S/c12-11(17)13(6-9-2-1-4-16-9)10(14)8-3-5-15-7-8/h1-5,7H,6H2,(H2,12,17). The Bertz CT molecular complexity index is 505. The number of thiocarbonyl (C=S) groups is 1. The fourth-order valence-electron chi connectivity index (χ4n) is 1.35. The Labute approximate surface area is 103 Å². The highest BCUT2D eigenvalue weighted by atomic mass is 32.1. The topological polar surface area (TPSA) is 72.6 Å². The molecule has 0 atom stereocenters. The minimum Gasteiger partial charge on any atom is -0.472 e. The van der Waals surface area contributed by atoms with E-state index < -0.39 is 0 Å². The number of amides is 1. The smallest absolute Gasteiger partial charge is 0.263 e. The first-order chi connectivity index (χ1) is 8.18. The molecule has 0 fully saturated rings. The van der Waals surface area contributed by atoms with Crippen LogP contribution in [0.2, 0.25) is 0 Å². The monoisotopic (exact) mass is 250 g/mol. The molecule has 0 aromatic carbocycles. The summed E-state index contributed by atoms with van der Waals surface area (Å²) in [5.74, 6) is 0.289. The molecule has 0 spiro atoms. The van der Waals surface area contributed by atoms with Crippen LogP contribution in [0, 0.1) is 0 Å². The molecule has 2 N–H and O–H groups in total. The number of rotatable bonds is 3. The maximum atomic E-state index is 12.0. The molecule has 6 heteroatoms. The number of furan rings is 2. The third-order valence-electron chi connectivity index (χ3n) is 2.17. The molecule has 2 aromatic heterocycles. The maximum absolute atomic E-state index is 12.0. The summed E-state index contributed by atoms with van der Waals surface area (Å²) in [6, 6.07) is 5.03. The number of hydrogen-bond donors (Lipinski definition) is 1. The van der Waals surface area contributed by atoms with Gasteiger partial charge in [0.05, 0.1) is 24.6 Å². The summed E-state index contributed by atoms with van der Waals surface area (Å²) in [6.07, 6.45) is 4.28. The van der Waals surface area contributed by atoms with Crippen LogP contribution in [0.4, 0.5) is 0 Å². The molecule has 2 heterocycles. The summed E-state index contributed by atoms with van der Waals surface area (Å²) in [5.41, 5.74) is 5.92. The molecule has 0 bridgehead atoms. The molecular weight excluding hydrogens is 240 g/mol. The number of hydrogen-bond acceptors (Lipinski definition) is 4. The molecule has 0 radical (unpaired) electrons. The Morgan fingerprint density at radius 3 is 2.76 bits per heavy atom. The molecule has 0 aliphatic rings. The van der Waals surface area contributed by atoms with Gasteiger partial charge in [-0.15, -0.1) is 0 Å². The normalized spacial score (nSPS) is 10.1. The fraction of sp³-hybridized carbons (Fsp3) is 0.0909. The molecule has 2 aromatic rings. The van der Waals surface area contributed by atoms with E-state index >= 15 is 0 Å². The summed E-state index contributed by atoms with van der Waals surface area (Å²) in [6.45, 7) is 0.201. The van der Waals surface area contributed by atoms with Gasteiger partial charge < -0.3 is 14.6 Å². The molecule has 0 saturated heterocycles. The Morgan fingerprint density at radius 2 is 2.24 bits per heavy atom. The van der Waals surface area contributed by atoms with E-state index in [2.05, 4.69) is 0 Å². The van der Waals surface area contributed by atoms with Gasteiger partial charge in [-0.25, -0.2) is 0 Å². The predicted octanol–water partition coefficient (Wildman–Crippen LogP) is 1.76. The van der Waals surface area contributed by atoms with Gasteiger partial charge in [0.15, 0.2) is 5.11 Å². The number of nitrogens with zero attached hydrogens (tertiary/aromatic N) is 1. The Balaban J connectivity index is 2.18. The highest BCUT2D eigenvalue weighted by molar-refractivity contribution is 7.80. The van der Waals surface area contributed by atoms with Crippen molar-refractivity contribution in [3.05, 3.63) is 48.3 Å². The first kappa shape index (κ1) is 11.4. The quantitative estimate of drug-likeness (QED) is 0.840. The predicted molar refractivity (Wildman–Crippen MR) is 64.1 cm³/mol. The average Bonchev–Trinajstić information content (AvgIpc) is 2.97. The van der Waals surface area contributed by atoms with E-state index in [1.54, 1.807) is 18.2 Å². The van der Waals surface area contributed by atoms with E-state index in [0.29, 0.717) is 11.3 Å². The molecule has 17 heavy (non-hydrogen) atoms. The summed E-state index contributed by atoms with van der Waals surface area (Å²) in [7, 11) is 0. The zero-order chi connectivity index (χ0) is 12.3. The molecule has 0 unspecified atom stereocenters. The van der Waals surface area contributed by atoms with Gasteiger partial charge in [0.2, 0.25) is 0 Å². The lowest BCUT2D eigenvalue weighted by molar-refractivity contribution is 0.0833. The molecular formula is C11H10N2O3S. The molecule has 2 rings (SSSR count). The summed E-state index contributed by atoms with van der Waals surface area (Å²) in [4.78, 5) is 13.3. The van der Waals surface area contributed by atoms with E-state index in [1.165, 1.54) is 23.7 Å². The number of carbonyl (C=O) groups excluding carboxylic acids is 1. The van der Waals surface area contributed by atoms with Crippen molar-refractivity contribution in [2.45, 2.75) is 6.54 Å². The van der Waals surface area contributed by atoms with E-state index in [4.69, 9.17) is 26.8 Å². The first-order valence-electron chi connectivity index (χ1n) is 4.84. The second-order valence-corrected chi connectivity index (χ2v) is 3.74. The van der Waals surface area contributed by atoms with Crippen molar-refractivity contribution in [2.24, 2.45) is 5.73 Å². The van der Waals surface area contributed by atoms with Crippen molar-refractivity contribution in [3.8, 4) is 0 Å². The average molecular weight is 250 g/mol. The van der Waals surface area contributed by atoms with Gasteiger partial charge in [0.25, 0.3) is 5.91 Å². The molecule has 88 valence electrons. The zero-order valence-corrected chi connectivity index (χ0v) is 9.65. The van der Waals surface area contributed by atoms with Gasteiger partial charge in [0.1, 0.15) is 12.0 Å².